The average molecular weight is 251 g/mol. The van der Waals surface area contributed by atoms with Crippen LogP contribution in [0.5, 0.6) is 0 Å². The van der Waals surface area contributed by atoms with Crippen molar-refractivity contribution in [3.63, 3.8) is 0 Å². The number of benzene rings is 1. The Kier molecular flexibility index (Phi) is 4.23. The standard InChI is InChI=1S/C15H22FNO/c1-3-13-6-4-5-9-17(13)15-8-7-12(11(2)18)10-14(15)16/h7-8,10-11,13,18H,3-6,9H2,1-2H3/t11-,13?/m1/s1. The Morgan fingerprint density at radius 2 is 2.22 bits per heavy atom. The van der Waals surface area contributed by atoms with E-state index in [4.69, 9.17) is 0 Å². The summed E-state index contributed by atoms with van der Waals surface area (Å²) < 4.78 is 14.2. The number of hydrogen-bond donors (Lipinski definition) is 1. The highest BCUT2D eigenvalue weighted by Gasteiger charge is 2.23. The third-order valence-electron chi connectivity index (χ3n) is 3.86. The Morgan fingerprint density at radius 1 is 1.44 bits per heavy atom. The molecular weight excluding hydrogens is 229 g/mol. The number of aliphatic hydroxyl groups is 1. The molecule has 0 bridgehead atoms. The van der Waals surface area contributed by atoms with Crippen LogP contribution in [0.2, 0.25) is 0 Å². The highest BCUT2D eigenvalue weighted by atomic mass is 19.1. The molecule has 1 N–H and O–H groups in total. The first kappa shape index (κ1) is 13.3. The molecule has 0 radical (unpaired) electrons. The minimum absolute atomic E-state index is 0.214. The highest BCUT2D eigenvalue weighted by molar-refractivity contribution is 5.50. The molecule has 0 saturated carbocycles. The first-order chi connectivity index (χ1) is 8.63. The Balaban J connectivity index is 2.26. The van der Waals surface area contributed by atoms with Crippen molar-refractivity contribution in [2.45, 2.75) is 51.7 Å². The Bertz CT molecular complexity index is 405. The molecule has 1 unspecified atom stereocenters. The van der Waals surface area contributed by atoms with Gasteiger partial charge >= 0.3 is 0 Å². The highest BCUT2D eigenvalue weighted by Crippen LogP contribution is 2.30. The fourth-order valence-corrected chi connectivity index (χ4v) is 2.76. The van der Waals surface area contributed by atoms with Crippen molar-refractivity contribution < 1.29 is 9.50 Å². The monoisotopic (exact) mass is 251 g/mol. The lowest BCUT2D eigenvalue weighted by atomic mass is 9.98. The number of nitrogens with zero attached hydrogens (tertiary/aromatic N) is 1. The van der Waals surface area contributed by atoms with Crippen LogP contribution < -0.4 is 4.90 Å². The molecule has 1 aromatic carbocycles. The number of hydrogen-bond acceptors (Lipinski definition) is 2. The normalized spacial score (nSPS) is 22.0. The maximum Gasteiger partial charge on any atom is 0.146 e. The van der Waals surface area contributed by atoms with E-state index in [1.165, 1.54) is 12.5 Å². The van der Waals surface area contributed by atoms with E-state index in [2.05, 4.69) is 11.8 Å². The van der Waals surface area contributed by atoms with Crippen molar-refractivity contribution in [3.8, 4) is 0 Å². The van der Waals surface area contributed by atoms with Gasteiger partial charge in [-0.2, -0.15) is 0 Å². The molecule has 1 aromatic rings. The van der Waals surface area contributed by atoms with Crippen molar-refractivity contribution in [2.75, 3.05) is 11.4 Å². The predicted octanol–water partition coefficient (Wildman–Crippen LogP) is 3.65. The number of anilines is 1. The Labute approximate surface area is 108 Å². The molecule has 1 heterocycles. The number of piperidine rings is 1. The molecule has 0 spiro atoms. The maximum atomic E-state index is 14.2. The van der Waals surface area contributed by atoms with Crippen molar-refractivity contribution >= 4 is 5.69 Å². The fourth-order valence-electron chi connectivity index (χ4n) is 2.76. The molecule has 2 nitrogen and oxygen atoms in total. The van der Waals surface area contributed by atoms with Gasteiger partial charge in [-0.25, -0.2) is 4.39 Å². The molecule has 1 saturated heterocycles. The summed E-state index contributed by atoms with van der Waals surface area (Å²) in [5.74, 6) is -0.214. The molecule has 1 aliphatic rings. The number of aliphatic hydroxyl groups excluding tert-OH is 1. The third-order valence-corrected chi connectivity index (χ3v) is 3.86. The van der Waals surface area contributed by atoms with Crippen LogP contribution in [-0.4, -0.2) is 17.7 Å². The van der Waals surface area contributed by atoms with Crippen molar-refractivity contribution in [1.82, 2.24) is 0 Å². The van der Waals surface area contributed by atoms with E-state index in [1.54, 1.807) is 6.92 Å². The second kappa shape index (κ2) is 5.70. The van der Waals surface area contributed by atoms with E-state index >= 15 is 0 Å². The van der Waals surface area contributed by atoms with E-state index in [0.29, 0.717) is 17.3 Å². The molecule has 2 rings (SSSR count). The Morgan fingerprint density at radius 3 is 2.83 bits per heavy atom. The van der Waals surface area contributed by atoms with Crippen molar-refractivity contribution in [3.05, 3.63) is 29.6 Å². The zero-order chi connectivity index (χ0) is 13.1. The van der Waals surface area contributed by atoms with E-state index in [-0.39, 0.29) is 5.82 Å². The van der Waals surface area contributed by atoms with Crippen molar-refractivity contribution in [1.29, 1.82) is 0 Å². The van der Waals surface area contributed by atoms with Crippen LogP contribution in [0, 0.1) is 5.82 Å². The van der Waals surface area contributed by atoms with Crippen LogP contribution >= 0.6 is 0 Å². The Hall–Kier alpha value is -1.09. The molecule has 2 atom stereocenters. The van der Waals surface area contributed by atoms with Crippen LogP contribution in [0.1, 0.15) is 51.2 Å². The van der Waals surface area contributed by atoms with Gasteiger partial charge in [0.2, 0.25) is 0 Å². The zero-order valence-electron chi connectivity index (χ0n) is 11.2. The summed E-state index contributed by atoms with van der Waals surface area (Å²) in [5, 5.41) is 9.47. The lowest BCUT2D eigenvalue weighted by Crippen LogP contribution is -2.39. The van der Waals surface area contributed by atoms with Gasteiger partial charge in [-0.05, 0) is 50.3 Å². The second-order valence-corrected chi connectivity index (χ2v) is 5.14. The summed E-state index contributed by atoms with van der Waals surface area (Å²) in [5.41, 5.74) is 1.33. The number of rotatable bonds is 3. The van der Waals surface area contributed by atoms with Crippen LogP contribution in [0.15, 0.2) is 18.2 Å². The molecular formula is C15H22FNO. The first-order valence-electron chi connectivity index (χ1n) is 6.87. The molecule has 100 valence electrons. The lowest BCUT2D eigenvalue weighted by molar-refractivity contribution is 0.199. The lowest BCUT2D eigenvalue weighted by Gasteiger charge is -2.37. The number of halogens is 1. The fraction of sp³-hybridized carbons (Fsp3) is 0.600. The van der Waals surface area contributed by atoms with Crippen molar-refractivity contribution in [2.24, 2.45) is 0 Å². The van der Waals surface area contributed by atoms with Crippen LogP contribution in [0.4, 0.5) is 10.1 Å². The van der Waals surface area contributed by atoms with Gasteiger partial charge in [-0.1, -0.05) is 13.0 Å². The largest absolute Gasteiger partial charge is 0.389 e. The van der Waals surface area contributed by atoms with E-state index in [1.807, 2.05) is 12.1 Å². The molecule has 0 amide bonds. The average Bonchev–Trinajstić information content (AvgIpc) is 2.38. The molecule has 1 fully saturated rings. The van der Waals surface area contributed by atoms with Gasteiger partial charge < -0.3 is 10.0 Å². The van der Waals surface area contributed by atoms with Crippen LogP contribution in [-0.2, 0) is 0 Å². The predicted molar refractivity (Wildman–Crippen MR) is 72.3 cm³/mol. The smallest absolute Gasteiger partial charge is 0.146 e. The van der Waals surface area contributed by atoms with E-state index in [0.717, 1.165) is 25.8 Å². The first-order valence-corrected chi connectivity index (χ1v) is 6.87. The zero-order valence-corrected chi connectivity index (χ0v) is 11.2. The second-order valence-electron chi connectivity index (χ2n) is 5.14. The summed E-state index contributed by atoms with van der Waals surface area (Å²) in [7, 11) is 0. The van der Waals surface area contributed by atoms with E-state index in [9.17, 15) is 9.50 Å². The minimum atomic E-state index is -0.614. The minimum Gasteiger partial charge on any atom is -0.389 e. The summed E-state index contributed by atoms with van der Waals surface area (Å²) >= 11 is 0. The molecule has 0 aliphatic carbocycles. The SMILES string of the molecule is CCC1CCCCN1c1ccc([C@@H](C)O)cc1F. The van der Waals surface area contributed by atoms with Crippen LogP contribution in [0.25, 0.3) is 0 Å². The molecule has 18 heavy (non-hydrogen) atoms. The van der Waals surface area contributed by atoms with Gasteiger partial charge in [-0.3, -0.25) is 0 Å². The molecule has 1 aliphatic heterocycles. The van der Waals surface area contributed by atoms with Crippen LogP contribution in [0.3, 0.4) is 0 Å². The van der Waals surface area contributed by atoms with Gasteiger partial charge in [0.1, 0.15) is 5.82 Å². The summed E-state index contributed by atoms with van der Waals surface area (Å²) in [4.78, 5) is 2.19. The summed E-state index contributed by atoms with van der Waals surface area (Å²) in [6, 6.07) is 5.54. The molecule has 0 aromatic heterocycles. The summed E-state index contributed by atoms with van der Waals surface area (Å²) in [6.45, 7) is 4.75. The van der Waals surface area contributed by atoms with Gasteiger partial charge in [0.05, 0.1) is 11.8 Å². The summed E-state index contributed by atoms with van der Waals surface area (Å²) in [6.07, 6.45) is 3.96. The van der Waals surface area contributed by atoms with Gasteiger partial charge in [0.25, 0.3) is 0 Å². The van der Waals surface area contributed by atoms with Gasteiger partial charge in [-0.15, -0.1) is 0 Å². The molecule has 3 heteroatoms. The maximum absolute atomic E-state index is 14.2. The third kappa shape index (κ3) is 2.66. The quantitative estimate of drug-likeness (QED) is 0.886. The van der Waals surface area contributed by atoms with E-state index < -0.39 is 6.10 Å². The van der Waals surface area contributed by atoms with Gasteiger partial charge in [0, 0.05) is 12.6 Å². The van der Waals surface area contributed by atoms with Gasteiger partial charge in [0.15, 0.2) is 0 Å². The topological polar surface area (TPSA) is 23.5 Å².